The molecule has 0 aliphatic carbocycles. The third kappa shape index (κ3) is 4.35. The maximum atomic E-state index is 12.6. The first-order chi connectivity index (χ1) is 11.4. The molecular weight excluding hydrogens is 304 g/mol. The lowest BCUT2D eigenvalue weighted by Crippen LogP contribution is -2.37. The summed E-state index contributed by atoms with van der Waals surface area (Å²) in [6.45, 7) is 7.14. The second kappa shape index (κ2) is 8.29. The van der Waals surface area contributed by atoms with Crippen molar-refractivity contribution >= 4 is 5.91 Å². The molecule has 0 saturated carbocycles. The van der Waals surface area contributed by atoms with E-state index in [1.54, 1.807) is 6.92 Å². The smallest absolute Gasteiger partial charge is 0.223 e. The number of carbonyl (C=O) groups excluding carboxylic acids is 1. The number of nitriles is 1. The predicted octanol–water partition coefficient (Wildman–Crippen LogP) is 2.11. The van der Waals surface area contributed by atoms with Crippen molar-refractivity contribution in [2.75, 3.05) is 6.54 Å². The Morgan fingerprint density at radius 2 is 2.25 bits per heavy atom. The van der Waals surface area contributed by atoms with Crippen molar-refractivity contribution in [1.82, 2.24) is 14.7 Å². The zero-order valence-electron chi connectivity index (χ0n) is 15.0. The largest absolute Gasteiger partial charge is 0.393 e. The van der Waals surface area contributed by atoms with Crippen LogP contribution in [0.3, 0.4) is 0 Å². The van der Waals surface area contributed by atoms with Crippen molar-refractivity contribution in [3.05, 3.63) is 17.0 Å². The highest BCUT2D eigenvalue weighted by Gasteiger charge is 2.29. The fraction of sp³-hybridized carbons (Fsp3) is 0.722. The molecule has 2 rings (SSSR count). The van der Waals surface area contributed by atoms with Crippen LogP contribution in [-0.4, -0.2) is 44.4 Å². The molecule has 2 atom stereocenters. The third-order valence-corrected chi connectivity index (χ3v) is 4.87. The molecule has 0 aromatic carbocycles. The summed E-state index contributed by atoms with van der Waals surface area (Å²) in [5.41, 5.74) is 3.12. The standard InChI is InChI=1S/C18H28N4O2/c1-13(23)12-16-6-4-10-21(16)18(24)8-7-17-14(2)20-22(15(17)3)11-5-9-19/h13,16,23H,4-8,10-12H2,1-3H3. The average Bonchev–Trinajstić information content (AvgIpc) is 3.08. The van der Waals surface area contributed by atoms with Crippen molar-refractivity contribution in [3.8, 4) is 6.07 Å². The van der Waals surface area contributed by atoms with E-state index in [-0.39, 0.29) is 18.1 Å². The van der Waals surface area contributed by atoms with E-state index in [9.17, 15) is 9.90 Å². The van der Waals surface area contributed by atoms with Gasteiger partial charge in [0.2, 0.25) is 5.91 Å². The second-order valence-corrected chi connectivity index (χ2v) is 6.75. The third-order valence-electron chi connectivity index (χ3n) is 4.87. The summed E-state index contributed by atoms with van der Waals surface area (Å²) in [5, 5.41) is 22.8. The van der Waals surface area contributed by atoms with E-state index in [1.165, 1.54) is 0 Å². The van der Waals surface area contributed by atoms with Crippen LogP contribution in [-0.2, 0) is 17.8 Å². The fourth-order valence-corrected chi connectivity index (χ4v) is 3.65. The lowest BCUT2D eigenvalue weighted by atomic mass is 10.1. The van der Waals surface area contributed by atoms with Gasteiger partial charge in [0.1, 0.15) is 0 Å². The monoisotopic (exact) mass is 332 g/mol. The van der Waals surface area contributed by atoms with Gasteiger partial charge in [0.15, 0.2) is 0 Å². The minimum Gasteiger partial charge on any atom is -0.393 e. The zero-order valence-corrected chi connectivity index (χ0v) is 15.0. The number of nitrogens with zero attached hydrogens (tertiary/aromatic N) is 4. The molecule has 24 heavy (non-hydrogen) atoms. The SMILES string of the molecule is Cc1nn(CCC#N)c(C)c1CCC(=O)N1CCCC1CC(C)O. The van der Waals surface area contributed by atoms with Crippen molar-refractivity contribution in [2.45, 2.75) is 78.0 Å². The van der Waals surface area contributed by atoms with Crippen LogP contribution >= 0.6 is 0 Å². The number of amides is 1. The average molecular weight is 332 g/mol. The van der Waals surface area contributed by atoms with Crippen LogP contribution < -0.4 is 0 Å². The van der Waals surface area contributed by atoms with Gasteiger partial charge < -0.3 is 10.0 Å². The summed E-state index contributed by atoms with van der Waals surface area (Å²) in [6, 6.07) is 2.32. The minimum atomic E-state index is -0.369. The molecule has 1 aromatic heterocycles. The Morgan fingerprint density at radius 1 is 1.50 bits per heavy atom. The molecule has 2 unspecified atom stereocenters. The molecular formula is C18H28N4O2. The topological polar surface area (TPSA) is 82.2 Å². The summed E-state index contributed by atoms with van der Waals surface area (Å²) in [6.07, 6.45) is 3.90. The highest BCUT2D eigenvalue weighted by Crippen LogP contribution is 2.23. The van der Waals surface area contributed by atoms with E-state index in [1.807, 2.05) is 23.4 Å². The Kier molecular flexibility index (Phi) is 6.38. The second-order valence-electron chi connectivity index (χ2n) is 6.75. The Labute approximate surface area is 144 Å². The van der Waals surface area contributed by atoms with Crippen LogP contribution in [0.25, 0.3) is 0 Å². The van der Waals surface area contributed by atoms with Crippen LogP contribution in [0.2, 0.25) is 0 Å². The first-order valence-electron chi connectivity index (χ1n) is 8.81. The summed E-state index contributed by atoms with van der Waals surface area (Å²) < 4.78 is 1.87. The van der Waals surface area contributed by atoms with Gasteiger partial charge in [0.05, 0.1) is 30.8 Å². The quantitative estimate of drug-likeness (QED) is 0.829. The van der Waals surface area contributed by atoms with Crippen molar-refractivity contribution in [3.63, 3.8) is 0 Å². The van der Waals surface area contributed by atoms with E-state index >= 15 is 0 Å². The van der Waals surface area contributed by atoms with Crippen LogP contribution in [0.15, 0.2) is 0 Å². The molecule has 6 heteroatoms. The lowest BCUT2D eigenvalue weighted by molar-refractivity contribution is -0.132. The molecule has 1 aliphatic heterocycles. The van der Waals surface area contributed by atoms with E-state index in [2.05, 4.69) is 11.2 Å². The number of aryl methyl sites for hydroxylation is 2. The van der Waals surface area contributed by atoms with Crippen molar-refractivity contribution in [1.29, 1.82) is 5.26 Å². The number of hydrogen-bond acceptors (Lipinski definition) is 4. The molecule has 0 radical (unpaired) electrons. The number of aliphatic hydroxyl groups excluding tert-OH is 1. The molecule has 0 bridgehead atoms. The molecule has 1 aliphatic rings. The van der Waals surface area contributed by atoms with Gasteiger partial charge in [-0.15, -0.1) is 0 Å². The van der Waals surface area contributed by atoms with E-state index in [0.717, 1.165) is 36.3 Å². The summed E-state index contributed by atoms with van der Waals surface area (Å²) in [4.78, 5) is 14.5. The number of aliphatic hydroxyl groups is 1. The zero-order chi connectivity index (χ0) is 17.7. The molecule has 6 nitrogen and oxygen atoms in total. The molecule has 2 heterocycles. The Bertz CT molecular complexity index is 615. The van der Waals surface area contributed by atoms with Crippen LogP contribution in [0.1, 0.15) is 56.0 Å². The summed E-state index contributed by atoms with van der Waals surface area (Å²) >= 11 is 0. The number of carbonyl (C=O) groups is 1. The van der Waals surface area contributed by atoms with Gasteiger partial charge >= 0.3 is 0 Å². The lowest BCUT2D eigenvalue weighted by Gasteiger charge is -2.25. The molecule has 132 valence electrons. The highest BCUT2D eigenvalue weighted by atomic mass is 16.3. The highest BCUT2D eigenvalue weighted by molar-refractivity contribution is 5.77. The van der Waals surface area contributed by atoms with Crippen LogP contribution in [0.5, 0.6) is 0 Å². The predicted molar refractivity (Wildman–Crippen MR) is 91.3 cm³/mol. The molecule has 1 aromatic rings. The Balaban J connectivity index is 1.96. The Morgan fingerprint density at radius 3 is 2.92 bits per heavy atom. The molecule has 1 saturated heterocycles. The van der Waals surface area contributed by atoms with Gasteiger partial charge in [-0.05, 0) is 52.0 Å². The summed E-state index contributed by atoms with van der Waals surface area (Å²) in [5.74, 6) is 0.168. The van der Waals surface area contributed by atoms with Crippen LogP contribution in [0.4, 0.5) is 0 Å². The maximum Gasteiger partial charge on any atom is 0.223 e. The van der Waals surface area contributed by atoms with E-state index in [4.69, 9.17) is 5.26 Å². The van der Waals surface area contributed by atoms with E-state index < -0.39 is 0 Å². The first kappa shape index (κ1) is 18.5. The van der Waals surface area contributed by atoms with Crippen molar-refractivity contribution in [2.24, 2.45) is 0 Å². The maximum absolute atomic E-state index is 12.6. The minimum absolute atomic E-state index is 0.168. The van der Waals surface area contributed by atoms with Gasteiger partial charge in [-0.25, -0.2) is 0 Å². The first-order valence-corrected chi connectivity index (χ1v) is 8.81. The van der Waals surface area contributed by atoms with Crippen molar-refractivity contribution < 1.29 is 9.90 Å². The fourth-order valence-electron chi connectivity index (χ4n) is 3.65. The number of likely N-dealkylation sites (tertiary alicyclic amines) is 1. The number of hydrogen-bond donors (Lipinski definition) is 1. The van der Waals surface area contributed by atoms with Gasteiger partial charge in [0.25, 0.3) is 0 Å². The number of aromatic nitrogens is 2. The number of rotatable bonds is 7. The van der Waals surface area contributed by atoms with Gasteiger partial charge in [-0.2, -0.15) is 10.4 Å². The normalized spacial score (nSPS) is 18.6. The van der Waals surface area contributed by atoms with Crippen LogP contribution in [0, 0.1) is 25.2 Å². The Hall–Kier alpha value is -1.87. The van der Waals surface area contributed by atoms with Gasteiger partial charge in [0, 0.05) is 24.7 Å². The molecule has 0 spiro atoms. The molecule has 1 N–H and O–H groups in total. The van der Waals surface area contributed by atoms with Gasteiger partial charge in [-0.1, -0.05) is 0 Å². The summed E-state index contributed by atoms with van der Waals surface area (Å²) in [7, 11) is 0. The van der Waals surface area contributed by atoms with E-state index in [0.29, 0.717) is 32.2 Å². The molecule has 1 fully saturated rings. The molecule has 1 amide bonds. The van der Waals surface area contributed by atoms with Gasteiger partial charge in [-0.3, -0.25) is 9.48 Å².